The number of nitrogens with zero attached hydrogens (tertiary/aromatic N) is 3. The van der Waals surface area contributed by atoms with Crippen molar-refractivity contribution in [3.8, 4) is 5.69 Å². The molecule has 0 saturated heterocycles. The van der Waals surface area contributed by atoms with Crippen molar-refractivity contribution in [1.82, 2.24) is 20.3 Å². The highest BCUT2D eigenvalue weighted by Crippen LogP contribution is 2.22. The third-order valence-corrected chi connectivity index (χ3v) is 4.30. The maximum atomic E-state index is 12.6. The van der Waals surface area contributed by atoms with E-state index in [1.54, 1.807) is 18.5 Å². The Labute approximate surface area is 140 Å². The van der Waals surface area contributed by atoms with Gasteiger partial charge in [0.2, 0.25) is 0 Å². The van der Waals surface area contributed by atoms with E-state index in [0.717, 1.165) is 5.69 Å². The van der Waals surface area contributed by atoms with Crippen molar-refractivity contribution in [3.05, 3.63) is 41.7 Å². The van der Waals surface area contributed by atoms with Crippen LogP contribution in [0.1, 0.15) is 43.4 Å². The predicted octanol–water partition coefficient (Wildman–Crippen LogP) is 2.19. The van der Waals surface area contributed by atoms with Crippen LogP contribution in [0.4, 0.5) is 0 Å². The molecule has 0 radical (unpaired) electrons. The molecule has 0 aliphatic carbocycles. The summed E-state index contributed by atoms with van der Waals surface area (Å²) in [4.78, 5) is 23.7. The molecule has 1 atom stereocenters. The van der Waals surface area contributed by atoms with E-state index >= 15 is 0 Å². The Kier molecular flexibility index (Phi) is 5.02. The number of aromatic nitrogens is 3. The molecular formula is C17H22N4O3. The Hall–Kier alpha value is -2.70. The molecule has 0 spiro atoms. The molecule has 24 heavy (non-hydrogen) atoms. The number of hydrogen-bond acceptors (Lipinski definition) is 4. The predicted molar refractivity (Wildman–Crippen MR) is 89.1 cm³/mol. The summed E-state index contributed by atoms with van der Waals surface area (Å²) in [5.74, 6) is -1.44. The average Bonchev–Trinajstić information content (AvgIpc) is 2.89. The Morgan fingerprint density at radius 3 is 2.46 bits per heavy atom. The molecule has 1 amide bonds. The summed E-state index contributed by atoms with van der Waals surface area (Å²) in [5.41, 5.74) is 0.723. The van der Waals surface area contributed by atoms with Crippen LogP contribution in [0, 0.1) is 12.8 Å². The van der Waals surface area contributed by atoms with Gasteiger partial charge in [-0.1, -0.05) is 37.3 Å². The van der Waals surface area contributed by atoms with Crippen LogP contribution in [0.25, 0.3) is 5.69 Å². The number of hydrogen-bond donors (Lipinski definition) is 2. The standard InChI is InChI=1S/C17H22N4O3/c1-11(2)17(4,10-14(22)23)18-16(24)15-12(3)21(20-19-15)13-8-6-5-7-9-13/h5-9,11H,10H2,1-4H3,(H,18,24)(H,22,23). The highest BCUT2D eigenvalue weighted by molar-refractivity contribution is 5.94. The highest BCUT2D eigenvalue weighted by atomic mass is 16.4. The number of carbonyl (C=O) groups excluding carboxylic acids is 1. The fourth-order valence-corrected chi connectivity index (χ4v) is 2.38. The lowest BCUT2D eigenvalue weighted by Crippen LogP contribution is -2.51. The topological polar surface area (TPSA) is 97.1 Å². The zero-order valence-corrected chi connectivity index (χ0v) is 14.3. The third kappa shape index (κ3) is 3.61. The number of nitrogens with one attached hydrogen (secondary N) is 1. The summed E-state index contributed by atoms with van der Waals surface area (Å²) in [6.45, 7) is 7.22. The van der Waals surface area contributed by atoms with Gasteiger partial charge in [0.05, 0.1) is 23.3 Å². The van der Waals surface area contributed by atoms with Crippen molar-refractivity contribution >= 4 is 11.9 Å². The van der Waals surface area contributed by atoms with E-state index in [-0.39, 0.29) is 18.0 Å². The van der Waals surface area contributed by atoms with E-state index in [4.69, 9.17) is 5.11 Å². The molecule has 2 N–H and O–H groups in total. The first kappa shape index (κ1) is 17.7. The molecule has 2 rings (SSSR count). The Morgan fingerprint density at radius 1 is 1.29 bits per heavy atom. The summed E-state index contributed by atoms with van der Waals surface area (Å²) < 4.78 is 1.58. The smallest absolute Gasteiger partial charge is 0.305 e. The van der Waals surface area contributed by atoms with Gasteiger partial charge >= 0.3 is 5.97 Å². The molecule has 2 aromatic rings. The molecule has 0 aliphatic rings. The number of amides is 1. The van der Waals surface area contributed by atoms with Crippen LogP contribution < -0.4 is 5.32 Å². The Bertz CT molecular complexity index is 740. The molecule has 0 aliphatic heterocycles. The molecule has 0 bridgehead atoms. The first-order valence-corrected chi connectivity index (χ1v) is 7.76. The summed E-state index contributed by atoms with van der Waals surface area (Å²) in [6.07, 6.45) is -0.164. The molecule has 1 aromatic heterocycles. The van der Waals surface area contributed by atoms with Gasteiger partial charge in [-0.25, -0.2) is 4.68 Å². The molecular weight excluding hydrogens is 308 g/mol. The number of benzene rings is 1. The normalized spacial score (nSPS) is 13.5. The molecule has 7 heteroatoms. The first-order chi connectivity index (χ1) is 11.2. The van der Waals surface area contributed by atoms with E-state index < -0.39 is 17.4 Å². The Balaban J connectivity index is 2.27. The minimum Gasteiger partial charge on any atom is -0.481 e. The molecule has 128 valence electrons. The van der Waals surface area contributed by atoms with Gasteiger partial charge in [-0.2, -0.15) is 0 Å². The minimum absolute atomic E-state index is 0.0537. The van der Waals surface area contributed by atoms with E-state index in [1.807, 2.05) is 44.2 Å². The number of rotatable bonds is 6. The molecule has 0 fully saturated rings. The van der Waals surface area contributed by atoms with Crippen molar-refractivity contribution in [2.45, 2.75) is 39.7 Å². The SMILES string of the molecule is Cc1c(C(=O)NC(C)(CC(=O)O)C(C)C)nnn1-c1ccccc1. The van der Waals surface area contributed by atoms with Crippen LogP contribution in [-0.4, -0.2) is 37.5 Å². The van der Waals surface area contributed by atoms with Gasteiger partial charge in [0.1, 0.15) is 0 Å². The van der Waals surface area contributed by atoms with Crippen LogP contribution in [0.5, 0.6) is 0 Å². The first-order valence-electron chi connectivity index (χ1n) is 7.76. The second-order valence-corrected chi connectivity index (χ2v) is 6.37. The van der Waals surface area contributed by atoms with Gasteiger partial charge in [-0.05, 0) is 31.9 Å². The lowest BCUT2D eigenvalue weighted by molar-refractivity contribution is -0.138. The number of para-hydroxylation sites is 1. The van der Waals surface area contributed by atoms with Crippen LogP contribution >= 0.6 is 0 Å². The van der Waals surface area contributed by atoms with Gasteiger partial charge < -0.3 is 10.4 Å². The van der Waals surface area contributed by atoms with Crippen LogP contribution in [0.3, 0.4) is 0 Å². The number of aliphatic carboxylic acids is 1. The number of carbonyl (C=O) groups is 2. The summed E-state index contributed by atoms with van der Waals surface area (Å²) in [7, 11) is 0. The molecule has 0 saturated carbocycles. The van der Waals surface area contributed by atoms with Crippen LogP contribution in [-0.2, 0) is 4.79 Å². The largest absolute Gasteiger partial charge is 0.481 e. The van der Waals surface area contributed by atoms with Crippen molar-refractivity contribution in [2.75, 3.05) is 0 Å². The molecule has 1 heterocycles. The zero-order valence-electron chi connectivity index (χ0n) is 14.3. The van der Waals surface area contributed by atoms with Gasteiger partial charge in [-0.15, -0.1) is 5.10 Å². The van der Waals surface area contributed by atoms with Gasteiger partial charge in [0.15, 0.2) is 5.69 Å². The summed E-state index contributed by atoms with van der Waals surface area (Å²) in [6, 6.07) is 9.37. The fourth-order valence-electron chi connectivity index (χ4n) is 2.38. The molecule has 1 unspecified atom stereocenters. The fraction of sp³-hybridized carbons (Fsp3) is 0.412. The van der Waals surface area contributed by atoms with Crippen molar-refractivity contribution in [3.63, 3.8) is 0 Å². The second-order valence-electron chi connectivity index (χ2n) is 6.37. The molecule has 7 nitrogen and oxygen atoms in total. The minimum atomic E-state index is -0.962. The third-order valence-electron chi connectivity index (χ3n) is 4.30. The van der Waals surface area contributed by atoms with E-state index in [2.05, 4.69) is 15.6 Å². The highest BCUT2D eigenvalue weighted by Gasteiger charge is 2.34. The van der Waals surface area contributed by atoms with Crippen LogP contribution in [0.15, 0.2) is 30.3 Å². The lowest BCUT2D eigenvalue weighted by atomic mass is 9.85. The van der Waals surface area contributed by atoms with E-state index in [9.17, 15) is 9.59 Å². The zero-order chi connectivity index (χ0) is 17.9. The monoisotopic (exact) mass is 330 g/mol. The van der Waals surface area contributed by atoms with Gasteiger partial charge in [0.25, 0.3) is 5.91 Å². The second kappa shape index (κ2) is 6.82. The number of carboxylic acid groups (broad SMARTS) is 1. The summed E-state index contributed by atoms with van der Waals surface area (Å²) >= 11 is 0. The van der Waals surface area contributed by atoms with E-state index in [0.29, 0.717) is 5.69 Å². The lowest BCUT2D eigenvalue weighted by Gasteiger charge is -2.33. The van der Waals surface area contributed by atoms with Crippen molar-refractivity contribution in [1.29, 1.82) is 0 Å². The van der Waals surface area contributed by atoms with Crippen molar-refractivity contribution in [2.24, 2.45) is 5.92 Å². The van der Waals surface area contributed by atoms with Crippen molar-refractivity contribution < 1.29 is 14.7 Å². The average molecular weight is 330 g/mol. The van der Waals surface area contributed by atoms with E-state index in [1.165, 1.54) is 0 Å². The number of carboxylic acids is 1. The van der Waals surface area contributed by atoms with Crippen LogP contribution in [0.2, 0.25) is 0 Å². The maximum Gasteiger partial charge on any atom is 0.305 e. The summed E-state index contributed by atoms with van der Waals surface area (Å²) in [5, 5.41) is 19.9. The van der Waals surface area contributed by atoms with Gasteiger partial charge in [0, 0.05) is 0 Å². The Morgan fingerprint density at radius 2 is 1.92 bits per heavy atom. The van der Waals surface area contributed by atoms with Gasteiger partial charge in [-0.3, -0.25) is 9.59 Å². The molecule has 1 aromatic carbocycles. The quantitative estimate of drug-likeness (QED) is 0.846. The maximum absolute atomic E-state index is 12.6.